The molecule has 1 saturated heterocycles. The quantitative estimate of drug-likeness (QED) is 0.581. The largest absolute Gasteiger partial charge is 0.378 e. The van der Waals surface area contributed by atoms with Crippen molar-refractivity contribution in [1.82, 2.24) is 9.97 Å². The van der Waals surface area contributed by atoms with Crippen molar-refractivity contribution in [2.24, 2.45) is 0 Å². The van der Waals surface area contributed by atoms with Gasteiger partial charge < -0.3 is 9.64 Å². The van der Waals surface area contributed by atoms with E-state index in [4.69, 9.17) is 9.72 Å². The van der Waals surface area contributed by atoms with Gasteiger partial charge in [0.1, 0.15) is 0 Å². The van der Waals surface area contributed by atoms with Crippen molar-refractivity contribution >= 4 is 50.6 Å². The van der Waals surface area contributed by atoms with Gasteiger partial charge in [-0.2, -0.15) is 0 Å². The van der Waals surface area contributed by atoms with Gasteiger partial charge in [-0.25, -0.2) is 4.98 Å². The molecule has 6 heteroatoms. The Bertz CT molecular complexity index is 793. The number of nitrogens with zero attached hydrogens (tertiary/aromatic N) is 3. The summed E-state index contributed by atoms with van der Waals surface area (Å²) in [6.45, 7) is 3.37. The third-order valence-electron chi connectivity index (χ3n) is 3.97. The van der Waals surface area contributed by atoms with Crippen molar-refractivity contribution < 1.29 is 4.74 Å². The standard InChI is InChI=1S/C18H17N3O.2BrH/c1-2-6-15-14(5-1)18(21-9-11-22-12-10-21)13-17(20-15)16-7-3-4-8-19-16;;/h1-8,13H,9-12H2;2*1H. The van der Waals surface area contributed by atoms with Crippen LogP contribution in [0.4, 0.5) is 5.69 Å². The van der Waals surface area contributed by atoms with Gasteiger partial charge in [-0.15, -0.1) is 34.0 Å². The van der Waals surface area contributed by atoms with Gasteiger partial charge in [0.15, 0.2) is 0 Å². The van der Waals surface area contributed by atoms with Crippen LogP contribution in [0.25, 0.3) is 22.3 Å². The maximum Gasteiger partial charge on any atom is 0.0914 e. The van der Waals surface area contributed by atoms with Crippen LogP contribution in [0.3, 0.4) is 0 Å². The lowest BCUT2D eigenvalue weighted by molar-refractivity contribution is 0.123. The van der Waals surface area contributed by atoms with Crippen LogP contribution < -0.4 is 4.90 Å². The number of hydrogen-bond acceptors (Lipinski definition) is 4. The zero-order valence-corrected chi connectivity index (χ0v) is 16.5. The van der Waals surface area contributed by atoms with Gasteiger partial charge in [0.2, 0.25) is 0 Å². The van der Waals surface area contributed by atoms with Crippen molar-refractivity contribution in [3.05, 3.63) is 54.7 Å². The lowest BCUT2D eigenvalue weighted by Crippen LogP contribution is -2.36. The third kappa shape index (κ3) is 3.77. The molecule has 0 N–H and O–H groups in total. The summed E-state index contributed by atoms with van der Waals surface area (Å²) in [6, 6.07) is 16.4. The Hall–Kier alpha value is -1.50. The molecule has 0 amide bonds. The fraction of sp³-hybridized carbons (Fsp3) is 0.222. The van der Waals surface area contributed by atoms with E-state index < -0.39 is 0 Å². The first-order valence-electron chi connectivity index (χ1n) is 7.56. The number of aromatic nitrogens is 2. The molecule has 4 rings (SSSR count). The molecule has 2 aromatic heterocycles. The molecular weight excluding hydrogens is 434 g/mol. The van der Waals surface area contributed by atoms with Crippen LogP contribution in [0, 0.1) is 0 Å². The maximum atomic E-state index is 5.48. The highest BCUT2D eigenvalue weighted by molar-refractivity contribution is 8.93. The van der Waals surface area contributed by atoms with Gasteiger partial charge in [0, 0.05) is 30.4 Å². The Kier molecular flexibility index (Phi) is 6.71. The molecule has 3 heterocycles. The third-order valence-corrected chi connectivity index (χ3v) is 3.97. The normalized spacial score (nSPS) is 13.9. The fourth-order valence-electron chi connectivity index (χ4n) is 2.87. The fourth-order valence-corrected chi connectivity index (χ4v) is 2.87. The van der Waals surface area contributed by atoms with E-state index in [1.165, 1.54) is 11.1 Å². The summed E-state index contributed by atoms with van der Waals surface area (Å²) in [5.74, 6) is 0. The molecule has 1 aliphatic rings. The second-order valence-corrected chi connectivity index (χ2v) is 5.36. The predicted octanol–water partition coefficient (Wildman–Crippen LogP) is 4.29. The van der Waals surface area contributed by atoms with Crippen LogP contribution in [-0.2, 0) is 4.74 Å². The van der Waals surface area contributed by atoms with Gasteiger partial charge >= 0.3 is 0 Å². The van der Waals surface area contributed by atoms with Crippen LogP contribution >= 0.6 is 34.0 Å². The second kappa shape index (κ2) is 8.55. The minimum absolute atomic E-state index is 0. The second-order valence-electron chi connectivity index (χ2n) is 5.36. The number of pyridine rings is 2. The van der Waals surface area contributed by atoms with Crippen LogP contribution in [-0.4, -0.2) is 36.3 Å². The van der Waals surface area contributed by atoms with Gasteiger partial charge in [0.05, 0.1) is 30.1 Å². The smallest absolute Gasteiger partial charge is 0.0914 e. The topological polar surface area (TPSA) is 38.2 Å². The van der Waals surface area contributed by atoms with E-state index in [2.05, 4.69) is 34.1 Å². The van der Waals surface area contributed by atoms with Crippen LogP contribution in [0.15, 0.2) is 54.7 Å². The van der Waals surface area contributed by atoms with Gasteiger partial charge in [0.25, 0.3) is 0 Å². The van der Waals surface area contributed by atoms with Gasteiger partial charge in [-0.3, -0.25) is 4.98 Å². The molecule has 3 aromatic rings. The average Bonchev–Trinajstić information content (AvgIpc) is 2.62. The number of rotatable bonds is 2. The highest BCUT2D eigenvalue weighted by Gasteiger charge is 2.16. The van der Waals surface area contributed by atoms with E-state index in [9.17, 15) is 0 Å². The summed E-state index contributed by atoms with van der Waals surface area (Å²) in [4.78, 5) is 11.6. The Morgan fingerprint density at radius 3 is 2.38 bits per heavy atom. The summed E-state index contributed by atoms with van der Waals surface area (Å²) < 4.78 is 5.48. The summed E-state index contributed by atoms with van der Waals surface area (Å²) in [5.41, 5.74) is 4.05. The SMILES string of the molecule is Br.Br.c1ccc(-c2cc(N3CCOCC3)c3ccccc3n2)nc1. The Balaban J connectivity index is 0.00000104. The molecule has 24 heavy (non-hydrogen) atoms. The van der Waals surface area contributed by atoms with Crippen LogP contribution in [0.1, 0.15) is 0 Å². The first-order valence-corrected chi connectivity index (χ1v) is 7.56. The molecule has 0 bridgehead atoms. The molecule has 1 fully saturated rings. The molecule has 0 unspecified atom stereocenters. The molecule has 0 radical (unpaired) electrons. The minimum Gasteiger partial charge on any atom is -0.378 e. The Labute approximate surface area is 162 Å². The molecular formula is C18H19Br2N3O. The number of fused-ring (bicyclic) bond motifs is 1. The van der Waals surface area contributed by atoms with E-state index in [0.29, 0.717) is 0 Å². The molecule has 1 aromatic carbocycles. The van der Waals surface area contributed by atoms with Crippen molar-refractivity contribution in [3.8, 4) is 11.4 Å². The summed E-state index contributed by atoms with van der Waals surface area (Å²) in [5, 5.41) is 1.18. The molecule has 4 nitrogen and oxygen atoms in total. The average molecular weight is 453 g/mol. The molecule has 0 aliphatic carbocycles. The van der Waals surface area contributed by atoms with Gasteiger partial charge in [-0.1, -0.05) is 24.3 Å². The minimum atomic E-state index is 0. The van der Waals surface area contributed by atoms with Crippen molar-refractivity contribution in [2.75, 3.05) is 31.2 Å². The van der Waals surface area contributed by atoms with E-state index in [-0.39, 0.29) is 34.0 Å². The molecule has 0 spiro atoms. The molecule has 126 valence electrons. The molecule has 1 aliphatic heterocycles. The number of anilines is 1. The van der Waals surface area contributed by atoms with E-state index in [1.807, 2.05) is 24.3 Å². The summed E-state index contributed by atoms with van der Waals surface area (Å²) in [7, 11) is 0. The first kappa shape index (κ1) is 18.8. The Morgan fingerprint density at radius 2 is 1.62 bits per heavy atom. The molecule has 0 atom stereocenters. The maximum absolute atomic E-state index is 5.48. The lowest BCUT2D eigenvalue weighted by Gasteiger charge is -2.30. The van der Waals surface area contributed by atoms with Crippen LogP contribution in [0.5, 0.6) is 0 Å². The number of halogens is 2. The number of benzene rings is 1. The van der Waals surface area contributed by atoms with E-state index in [1.54, 1.807) is 6.20 Å². The monoisotopic (exact) mass is 451 g/mol. The summed E-state index contributed by atoms with van der Waals surface area (Å²) in [6.07, 6.45) is 1.81. The van der Waals surface area contributed by atoms with Gasteiger partial charge in [-0.05, 0) is 24.3 Å². The molecule has 0 saturated carbocycles. The highest BCUT2D eigenvalue weighted by Crippen LogP contribution is 2.30. The lowest BCUT2D eigenvalue weighted by atomic mass is 10.1. The van der Waals surface area contributed by atoms with Crippen molar-refractivity contribution in [2.45, 2.75) is 0 Å². The number of para-hydroxylation sites is 1. The number of hydrogen-bond donors (Lipinski definition) is 0. The zero-order valence-electron chi connectivity index (χ0n) is 13.1. The first-order chi connectivity index (χ1) is 10.9. The van der Waals surface area contributed by atoms with Crippen molar-refractivity contribution in [1.29, 1.82) is 0 Å². The highest BCUT2D eigenvalue weighted by atomic mass is 79.9. The van der Waals surface area contributed by atoms with Crippen LogP contribution in [0.2, 0.25) is 0 Å². The van der Waals surface area contributed by atoms with E-state index >= 15 is 0 Å². The zero-order chi connectivity index (χ0) is 14.8. The van der Waals surface area contributed by atoms with Crippen molar-refractivity contribution in [3.63, 3.8) is 0 Å². The number of morpholine rings is 1. The number of ether oxygens (including phenoxy) is 1. The predicted molar refractivity (Wildman–Crippen MR) is 109 cm³/mol. The summed E-state index contributed by atoms with van der Waals surface area (Å²) >= 11 is 0. The Morgan fingerprint density at radius 1 is 0.875 bits per heavy atom. The van der Waals surface area contributed by atoms with E-state index in [0.717, 1.165) is 43.2 Å².